The molecule has 0 aromatic heterocycles. The van der Waals surface area contributed by atoms with Crippen LogP contribution < -0.4 is 26.0 Å². The molecule has 2 amide bonds. The Morgan fingerprint density at radius 3 is 2.47 bits per heavy atom. The van der Waals surface area contributed by atoms with Gasteiger partial charge in [0.1, 0.15) is 18.0 Å². The number of ether oxygens (including phenoxy) is 1. The van der Waals surface area contributed by atoms with Gasteiger partial charge in [0.2, 0.25) is 11.8 Å². The number of carbonyl (C=O) groups is 2. The van der Waals surface area contributed by atoms with Crippen LogP contribution in [0, 0.1) is 11.2 Å². The highest BCUT2D eigenvalue weighted by Gasteiger charge is 2.23. The molecular weight excluding hydrogens is 413 g/mol. The summed E-state index contributed by atoms with van der Waals surface area (Å²) in [6.07, 6.45) is 0.626. The van der Waals surface area contributed by atoms with Crippen molar-refractivity contribution in [3.05, 3.63) is 47.8 Å². The Bertz CT molecular complexity index is 1020. The molecule has 4 N–H and O–H groups in total. The second-order valence-corrected chi connectivity index (χ2v) is 8.68. The lowest BCUT2D eigenvalue weighted by Gasteiger charge is -2.24. The summed E-state index contributed by atoms with van der Waals surface area (Å²) in [4.78, 5) is 28.3. The highest BCUT2D eigenvalue weighted by Crippen LogP contribution is 2.35. The molecule has 1 heterocycles. The normalized spacial score (nSPS) is 14.7. The molecular formula is C23H28FN5O3. The van der Waals surface area contributed by atoms with E-state index in [0.29, 0.717) is 34.9 Å². The number of nitrogens with zero attached hydrogens (tertiary/aromatic N) is 1. The van der Waals surface area contributed by atoms with Crippen LogP contribution in [0.4, 0.5) is 21.5 Å². The van der Waals surface area contributed by atoms with Crippen molar-refractivity contribution in [1.29, 1.82) is 0 Å². The topological polar surface area (TPSA) is 104 Å². The molecule has 170 valence electrons. The summed E-state index contributed by atoms with van der Waals surface area (Å²) in [5.41, 5.74) is 2.14. The van der Waals surface area contributed by atoms with Gasteiger partial charge in [-0.15, -0.1) is 0 Å². The van der Waals surface area contributed by atoms with Crippen molar-refractivity contribution in [1.82, 2.24) is 5.32 Å². The van der Waals surface area contributed by atoms with Crippen molar-refractivity contribution in [2.75, 3.05) is 29.6 Å². The van der Waals surface area contributed by atoms with E-state index < -0.39 is 17.9 Å². The minimum Gasteiger partial charge on any atom is -0.497 e. The molecule has 1 unspecified atom stereocenters. The molecule has 0 radical (unpaired) electrons. The number of hydrogen-bond acceptors (Lipinski definition) is 6. The molecule has 0 aliphatic carbocycles. The Balaban J connectivity index is 1.59. The zero-order chi connectivity index (χ0) is 23.3. The van der Waals surface area contributed by atoms with Gasteiger partial charge in [-0.2, -0.15) is 0 Å². The Morgan fingerprint density at radius 2 is 1.81 bits per heavy atom. The van der Waals surface area contributed by atoms with E-state index >= 15 is 0 Å². The number of aliphatic imine (C=N–C) groups is 1. The maximum Gasteiger partial charge on any atom is 0.233 e. The molecule has 2 aromatic rings. The summed E-state index contributed by atoms with van der Waals surface area (Å²) in [5.74, 6) is -0.744. The summed E-state index contributed by atoms with van der Waals surface area (Å²) < 4.78 is 19.7. The SMILES string of the molecule is COc1cc(F)c2c(c1)NC=NC2Nc1ccc(NC(=O)CC(=O)NCC(C)(C)C)cc1. The van der Waals surface area contributed by atoms with E-state index in [1.54, 1.807) is 30.3 Å². The predicted molar refractivity (Wildman–Crippen MR) is 124 cm³/mol. The number of hydrogen-bond donors (Lipinski definition) is 4. The number of amides is 2. The van der Waals surface area contributed by atoms with Gasteiger partial charge >= 0.3 is 0 Å². The van der Waals surface area contributed by atoms with E-state index in [1.165, 1.54) is 19.5 Å². The van der Waals surface area contributed by atoms with Crippen molar-refractivity contribution >= 4 is 35.2 Å². The minimum absolute atomic E-state index is 0.0527. The number of carbonyl (C=O) groups excluding carboxylic acids is 2. The number of methoxy groups -OCH3 is 1. The lowest BCUT2D eigenvalue weighted by atomic mass is 9.97. The molecule has 1 atom stereocenters. The van der Waals surface area contributed by atoms with Crippen LogP contribution in [-0.2, 0) is 9.59 Å². The molecule has 32 heavy (non-hydrogen) atoms. The lowest BCUT2D eigenvalue weighted by molar-refractivity contribution is -0.127. The van der Waals surface area contributed by atoms with Gasteiger partial charge in [-0.25, -0.2) is 9.38 Å². The molecule has 8 nitrogen and oxygen atoms in total. The summed E-state index contributed by atoms with van der Waals surface area (Å²) in [6, 6.07) is 9.90. The number of anilines is 3. The standard InChI is InChI=1S/C23H28FN5O3/c1-23(2,3)12-25-19(30)11-20(31)28-14-5-7-15(8-6-14)29-22-21-17(24)9-16(32-4)10-18(21)26-13-27-22/h5-10,13,22,29H,11-12H2,1-4H3,(H,25,30)(H,26,27)(H,28,31). The molecule has 1 aliphatic rings. The molecule has 2 aromatic carbocycles. The van der Waals surface area contributed by atoms with Crippen LogP contribution in [0.25, 0.3) is 0 Å². The molecule has 0 saturated carbocycles. The fourth-order valence-electron chi connectivity index (χ4n) is 3.06. The molecule has 0 spiro atoms. The lowest BCUT2D eigenvalue weighted by Crippen LogP contribution is -2.34. The van der Waals surface area contributed by atoms with Crippen LogP contribution in [-0.4, -0.2) is 31.8 Å². The Hall–Kier alpha value is -3.62. The van der Waals surface area contributed by atoms with E-state index in [4.69, 9.17) is 4.74 Å². The highest BCUT2D eigenvalue weighted by atomic mass is 19.1. The van der Waals surface area contributed by atoms with Gasteiger partial charge in [-0.1, -0.05) is 20.8 Å². The summed E-state index contributed by atoms with van der Waals surface area (Å²) in [5, 5.41) is 11.5. The maximum absolute atomic E-state index is 14.6. The smallest absolute Gasteiger partial charge is 0.233 e. The third kappa shape index (κ3) is 6.19. The molecule has 9 heteroatoms. The van der Waals surface area contributed by atoms with Crippen LogP contribution in [0.3, 0.4) is 0 Å². The summed E-state index contributed by atoms with van der Waals surface area (Å²) in [6.45, 7) is 6.50. The van der Waals surface area contributed by atoms with Gasteiger partial charge in [0, 0.05) is 30.1 Å². The minimum atomic E-state index is -0.621. The van der Waals surface area contributed by atoms with Gasteiger partial charge in [-0.3, -0.25) is 9.59 Å². The Kier molecular flexibility index (Phi) is 6.97. The molecule has 1 aliphatic heterocycles. The third-order valence-corrected chi connectivity index (χ3v) is 4.66. The number of nitrogens with one attached hydrogen (secondary N) is 4. The van der Waals surface area contributed by atoms with Gasteiger partial charge in [0.15, 0.2) is 6.17 Å². The second-order valence-electron chi connectivity index (χ2n) is 8.68. The summed E-state index contributed by atoms with van der Waals surface area (Å²) in [7, 11) is 1.48. The first-order chi connectivity index (χ1) is 15.1. The van der Waals surface area contributed by atoms with Gasteiger partial charge in [-0.05, 0) is 29.7 Å². The van der Waals surface area contributed by atoms with Crippen LogP contribution >= 0.6 is 0 Å². The first kappa shape index (κ1) is 23.1. The van der Waals surface area contributed by atoms with Gasteiger partial charge in [0.25, 0.3) is 0 Å². The zero-order valence-corrected chi connectivity index (χ0v) is 18.6. The fourth-order valence-corrected chi connectivity index (χ4v) is 3.06. The van der Waals surface area contributed by atoms with Crippen LogP contribution in [0.1, 0.15) is 38.9 Å². The average molecular weight is 442 g/mol. The van der Waals surface area contributed by atoms with Crippen molar-refractivity contribution in [2.24, 2.45) is 10.4 Å². The number of benzene rings is 2. The summed E-state index contributed by atoms with van der Waals surface area (Å²) >= 11 is 0. The largest absolute Gasteiger partial charge is 0.497 e. The quantitative estimate of drug-likeness (QED) is 0.488. The van der Waals surface area contributed by atoms with E-state index in [0.717, 1.165) is 0 Å². The van der Waals surface area contributed by atoms with E-state index in [-0.39, 0.29) is 17.7 Å². The van der Waals surface area contributed by atoms with Crippen LogP contribution in [0.15, 0.2) is 41.4 Å². The first-order valence-corrected chi connectivity index (χ1v) is 10.2. The van der Waals surface area contributed by atoms with Crippen molar-refractivity contribution in [3.8, 4) is 5.75 Å². The van der Waals surface area contributed by atoms with E-state index in [1.807, 2.05) is 20.8 Å². The molecule has 0 fully saturated rings. The molecule has 0 bridgehead atoms. The number of halogens is 1. The van der Waals surface area contributed by atoms with Gasteiger partial charge < -0.3 is 26.0 Å². The predicted octanol–water partition coefficient (Wildman–Crippen LogP) is 3.89. The third-order valence-electron chi connectivity index (χ3n) is 4.66. The van der Waals surface area contributed by atoms with Crippen LogP contribution in [0.5, 0.6) is 5.75 Å². The average Bonchev–Trinajstić information content (AvgIpc) is 2.73. The number of fused-ring (bicyclic) bond motifs is 1. The zero-order valence-electron chi connectivity index (χ0n) is 18.6. The highest BCUT2D eigenvalue weighted by molar-refractivity contribution is 6.03. The Morgan fingerprint density at radius 1 is 1.12 bits per heavy atom. The van der Waals surface area contributed by atoms with Crippen molar-refractivity contribution < 1.29 is 18.7 Å². The van der Waals surface area contributed by atoms with Crippen molar-refractivity contribution in [2.45, 2.75) is 33.4 Å². The van der Waals surface area contributed by atoms with Crippen molar-refractivity contribution in [3.63, 3.8) is 0 Å². The second kappa shape index (κ2) is 9.67. The van der Waals surface area contributed by atoms with Crippen LogP contribution in [0.2, 0.25) is 0 Å². The van der Waals surface area contributed by atoms with E-state index in [9.17, 15) is 14.0 Å². The first-order valence-electron chi connectivity index (χ1n) is 10.2. The fraction of sp³-hybridized carbons (Fsp3) is 0.348. The molecule has 3 rings (SSSR count). The van der Waals surface area contributed by atoms with E-state index in [2.05, 4.69) is 26.3 Å². The maximum atomic E-state index is 14.6. The molecule has 0 saturated heterocycles. The Labute approximate surface area is 186 Å². The van der Waals surface area contributed by atoms with Gasteiger partial charge in [0.05, 0.1) is 24.7 Å². The number of rotatable bonds is 7. The monoisotopic (exact) mass is 441 g/mol.